The van der Waals surface area contributed by atoms with Gasteiger partial charge in [0.1, 0.15) is 17.2 Å². The van der Waals surface area contributed by atoms with Crippen molar-refractivity contribution in [2.24, 2.45) is 5.10 Å². The summed E-state index contributed by atoms with van der Waals surface area (Å²) < 4.78 is 10.2. The molecule has 2 N–H and O–H groups in total. The standard InChI is InChI=1S/C18H16N4O3/c1-24-14-8-6-13(7-9-14)16-12-17(21-20-16)18(23)22-19-10-2-4-15-5-3-11-25-15/h2-12H,1H3,(H,20,21)(H,22,23)/b4-2+,19-10-. The Morgan fingerprint density at radius 1 is 1.32 bits per heavy atom. The Balaban J connectivity index is 1.58. The summed E-state index contributed by atoms with van der Waals surface area (Å²) in [5, 5.41) is 10.7. The highest BCUT2D eigenvalue weighted by atomic mass is 16.5. The number of furan rings is 1. The van der Waals surface area contributed by atoms with Crippen LogP contribution in [0.1, 0.15) is 16.2 Å². The number of H-pyrrole nitrogens is 1. The number of aromatic amines is 1. The van der Waals surface area contributed by atoms with E-state index >= 15 is 0 Å². The lowest BCUT2D eigenvalue weighted by Gasteiger charge is -1.99. The van der Waals surface area contributed by atoms with Crippen LogP contribution >= 0.6 is 0 Å². The average Bonchev–Trinajstić information content (AvgIpc) is 3.33. The number of nitrogens with zero attached hydrogens (tertiary/aromatic N) is 2. The third kappa shape index (κ3) is 4.23. The van der Waals surface area contributed by atoms with Gasteiger partial charge in [0.05, 0.1) is 19.1 Å². The van der Waals surface area contributed by atoms with Gasteiger partial charge in [0.2, 0.25) is 0 Å². The van der Waals surface area contributed by atoms with Crippen LogP contribution in [-0.2, 0) is 0 Å². The van der Waals surface area contributed by atoms with Crippen LogP contribution in [0.15, 0.2) is 64.3 Å². The highest BCUT2D eigenvalue weighted by Gasteiger charge is 2.10. The number of hydrazone groups is 1. The molecular formula is C18H16N4O3. The maximum Gasteiger partial charge on any atom is 0.289 e. The molecule has 1 amide bonds. The van der Waals surface area contributed by atoms with Crippen molar-refractivity contribution >= 4 is 18.2 Å². The monoisotopic (exact) mass is 336 g/mol. The van der Waals surface area contributed by atoms with Crippen molar-refractivity contribution in [1.82, 2.24) is 15.6 Å². The zero-order chi connectivity index (χ0) is 17.5. The minimum Gasteiger partial charge on any atom is -0.497 e. The first kappa shape index (κ1) is 16.3. The van der Waals surface area contributed by atoms with E-state index in [0.717, 1.165) is 11.3 Å². The number of ether oxygens (including phenoxy) is 1. The van der Waals surface area contributed by atoms with Crippen molar-refractivity contribution < 1.29 is 13.9 Å². The highest BCUT2D eigenvalue weighted by molar-refractivity contribution is 5.93. The average molecular weight is 336 g/mol. The quantitative estimate of drug-likeness (QED) is 0.534. The molecule has 0 radical (unpaired) electrons. The lowest BCUT2D eigenvalue weighted by Crippen LogP contribution is -2.17. The van der Waals surface area contributed by atoms with Crippen LogP contribution in [0.2, 0.25) is 0 Å². The smallest absolute Gasteiger partial charge is 0.289 e. The molecule has 3 aromatic rings. The summed E-state index contributed by atoms with van der Waals surface area (Å²) in [7, 11) is 1.61. The largest absolute Gasteiger partial charge is 0.497 e. The third-order valence-electron chi connectivity index (χ3n) is 3.34. The number of carbonyl (C=O) groups excluding carboxylic acids is 1. The predicted octanol–water partition coefficient (Wildman–Crippen LogP) is 3.11. The van der Waals surface area contributed by atoms with E-state index in [0.29, 0.717) is 17.1 Å². The predicted molar refractivity (Wildman–Crippen MR) is 94.3 cm³/mol. The minimum atomic E-state index is -0.380. The molecule has 0 saturated carbocycles. The molecule has 3 rings (SSSR count). The molecule has 2 heterocycles. The maximum atomic E-state index is 12.0. The number of aromatic nitrogens is 2. The van der Waals surface area contributed by atoms with Gasteiger partial charge in [-0.2, -0.15) is 10.2 Å². The lowest BCUT2D eigenvalue weighted by atomic mass is 10.1. The number of amides is 1. The second-order valence-electron chi connectivity index (χ2n) is 4.99. The van der Waals surface area contributed by atoms with Crippen molar-refractivity contribution in [2.75, 3.05) is 7.11 Å². The second-order valence-corrected chi connectivity index (χ2v) is 4.99. The summed E-state index contributed by atoms with van der Waals surface area (Å²) in [4.78, 5) is 12.0. The van der Waals surface area contributed by atoms with Crippen molar-refractivity contribution in [3.63, 3.8) is 0 Å². The SMILES string of the molecule is COc1ccc(-c2cc(C(=O)N/N=C\C=C\c3ccco3)[nH]n2)cc1. The van der Waals surface area contributed by atoms with Gasteiger partial charge in [0.15, 0.2) is 0 Å². The number of methoxy groups -OCH3 is 1. The van der Waals surface area contributed by atoms with Crippen LogP contribution in [0.5, 0.6) is 5.75 Å². The van der Waals surface area contributed by atoms with E-state index in [9.17, 15) is 4.79 Å². The van der Waals surface area contributed by atoms with Gasteiger partial charge in [0.25, 0.3) is 5.91 Å². The molecule has 0 atom stereocenters. The normalized spacial score (nSPS) is 11.2. The molecule has 0 fully saturated rings. The molecular weight excluding hydrogens is 320 g/mol. The van der Waals surface area contributed by atoms with Crippen LogP contribution in [0.3, 0.4) is 0 Å². The molecule has 126 valence electrons. The minimum absolute atomic E-state index is 0.318. The molecule has 7 heteroatoms. The molecule has 0 bridgehead atoms. The summed E-state index contributed by atoms with van der Waals surface area (Å²) in [5.74, 6) is 1.08. The van der Waals surface area contributed by atoms with E-state index in [1.807, 2.05) is 30.3 Å². The number of allylic oxidation sites excluding steroid dienone is 1. The van der Waals surface area contributed by atoms with Crippen molar-refractivity contribution in [3.8, 4) is 17.0 Å². The molecule has 0 aliphatic rings. The Kier molecular flexibility index (Phi) is 5.06. The van der Waals surface area contributed by atoms with E-state index < -0.39 is 0 Å². The Morgan fingerprint density at radius 2 is 2.16 bits per heavy atom. The maximum absolute atomic E-state index is 12.0. The van der Waals surface area contributed by atoms with Gasteiger partial charge in [-0.15, -0.1) is 0 Å². The van der Waals surface area contributed by atoms with E-state index in [4.69, 9.17) is 9.15 Å². The third-order valence-corrected chi connectivity index (χ3v) is 3.34. The molecule has 1 aromatic carbocycles. The van der Waals surface area contributed by atoms with E-state index in [-0.39, 0.29) is 5.91 Å². The first-order chi connectivity index (χ1) is 12.3. The first-order valence-electron chi connectivity index (χ1n) is 7.49. The zero-order valence-electron chi connectivity index (χ0n) is 13.5. The number of hydrogen-bond acceptors (Lipinski definition) is 5. The fourth-order valence-corrected chi connectivity index (χ4v) is 2.07. The van der Waals surface area contributed by atoms with Crippen molar-refractivity contribution in [2.45, 2.75) is 0 Å². The molecule has 0 aliphatic heterocycles. The summed E-state index contributed by atoms with van der Waals surface area (Å²) in [6.07, 6.45) is 6.43. The van der Waals surface area contributed by atoms with Crippen molar-refractivity contribution in [3.05, 3.63) is 66.3 Å². The molecule has 0 spiro atoms. The Bertz CT molecular complexity index is 877. The Hall–Kier alpha value is -3.61. The zero-order valence-corrected chi connectivity index (χ0v) is 13.5. The van der Waals surface area contributed by atoms with Crippen LogP contribution in [-0.4, -0.2) is 29.4 Å². The highest BCUT2D eigenvalue weighted by Crippen LogP contribution is 2.21. The van der Waals surface area contributed by atoms with Crippen molar-refractivity contribution in [1.29, 1.82) is 0 Å². The number of rotatable bonds is 6. The fourth-order valence-electron chi connectivity index (χ4n) is 2.07. The first-order valence-corrected chi connectivity index (χ1v) is 7.49. The van der Waals surface area contributed by atoms with E-state index in [1.54, 1.807) is 37.7 Å². The number of carbonyl (C=O) groups is 1. The van der Waals surface area contributed by atoms with Gasteiger partial charge < -0.3 is 9.15 Å². The van der Waals surface area contributed by atoms with Gasteiger partial charge in [-0.3, -0.25) is 9.89 Å². The summed E-state index contributed by atoms with van der Waals surface area (Å²) in [6.45, 7) is 0. The molecule has 25 heavy (non-hydrogen) atoms. The Morgan fingerprint density at radius 3 is 2.88 bits per heavy atom. The Labute approximate surface area is 144 Å². The molecule has 7 nitrogen and oxygen atoms in total. The van der Waals surface area contributed by atoms with Gasteiger partial charge in [0, 0.05) is 11.8 Å². The molecule has 0 aliphatic carbocycles. The van der Waals surface area contributed by atoms with E-state index in [1.165, 1.54) is 6.21 Å². The topological polar surface area (TPSA) is 92.5 Å². The molecule has 0 saturated heterocycles. The number of nitrogens with one attached hydrogen (secondary N) is 2. The van der Waals surface area contributed by atoms with Gasteiger partial charge in [-0.1, -0.05) is 0 Å². The second kappa shape index (κ2) is 7.78. The summed E-state index contributed by atoms with van der Waals surface area (Å²) in [5.41, 5.74) is 4.27. The van der Waals surface area contributed by atoms with Crippen LogP contribution in [0, 0.1) is 0 Å². The van der Waals surface area contributed by atoms with Gasteiger partial charge >= 0.3 is 0 Å². The fraction of sp³-hybridized carbons (Fsp3) is 0.0556. The molecule has 2 aromatic heterocycles. The van der Waals surface area contributed by atoms with Crippen LogP contribution in [0.4, 0.5) is 0 Å². The summed E-state index contributed by atoms with van der Waals surface area (Å²) >= 11 is 0. The lowest BCUT2D eigenvalue weighted by molar-refractivity contribution is 0.0950. The van der Waals surface area contributed by atoms with Gasteiger partial charge in [-0.25, -0.2) is 5.43 Å². The molecule has 0 unspecified atom stereocenters. The number of hydrogen-bond donors (Lipinski definition) is 2. The van der Waals surface area contributed by atoms with Gasteiger partial charge in [-0.05, 0) is 54.6 Å². The summed E-state index contributed by atoms with van der Waals surface area (Å²) in [6, 6.07) is 12.7. The van der Waals surface area contributed by atoms with Crippen LogP contribution in [0.25, 0.3) is 17.3 Å². The van der Waals surface area contributed by atoms with E-state index in [2.05, 4.69) is 20.7 Å². The number of benzene rings is 1. The van der Waals surface area contributed by atoms with Crippen LogP contribution < -0.4 is 10.2 Å².